The minimum Gasteiger partial charge on any atom is -0.292 e. The number of aromatic nitrogens is 4. The molecule has 4 heterocycles. The van der Waals surface area contributed by atoms with Gasteiger partial charge in [-0.2, -0.15) is 0 Å². The quantitative estimate of drug-likeness (QED) is 0.243. The van der Waals surface area contributed by atoms with Crippen LogP contribution in [0, 0.1) is 0 Å². The van der Waals surface area contributed by atoms with Crippen LogP contribution in [0.1, 0.15) is 22.3 Å². The van der Waals surface area contributed by atoms with Crippen molar-refractivity contribution in [3.05, 3.63) is 108 Å². The number of hydrogen-bond acceptors (Lipinski definition) is 3. The van der Waals surface area contributed by atoms with Crippen LogP contribution in [0.4, 0.5) is 0 Å². The van der Waals surface area contributed by atoms with Gasteiger partial charge in [0.25, 0.3) is 0 Å². The van der Waals surface area contributed by atoms with Gasteiger partial charge >= 0.3 is 0 Å². The molecule has 0 atom stereocenters. The van der Waals surface area contributed by atoms with E-state index in [1.54, 1.807) is 0 Å². The molecule has 2 aliphatic rings. The first-order chi connectivity index (χ1) is 17.3. The van der Waals surface area contributed by atoms with E-state index in [4.69, 9.17) is 4.98 Å². The van der Waals surface area contributed by atoms with Gasteiger partial charge in [0.2, 0.25) is 0 Å². The first-order valence-electron chi connectivity index (χ1n) is 12.0. The van der Waals surface area contributed by atoms with E-state index in [1.165, 1.54) is 44.5 Å². The van der Waals surface area contributed by atoms with Crippen molar-refractivity contribution >= 4 is 38.4 Å². The molecule has 3 aromatic carbocycles. The number of nitrogens with zero attached hydrogens (tertiary/aromatic N) is 4. The molecule has 35 heavy (non-hydrogen) atoms. The summed E-state index contributed by atoms with van der Waals surface area (Å²) in [5.74, 6) is 0. The van der Waals surface area contributed by atoms with Crippen LogP contribution in [-0.2, 0) is 12.8 Å². The monoisotopic (exact) mass is 446 g/mol. The summed E-state index contributed by atoms with van der Waals surface area (Å²) in [5.41, 5.74) is 15.4. The molecule has 0 unspecified atom stereocenters. The van der Waals surface area contributed by atoms with E-state index in [-0.39, 0.29) is 0 Å². The fourth-order valence-corrected chi connectivity index (χ4v) is 6.41. The van der Waals surface area contributed by atoms with Crippen LogP contribution in [0.3, 0.4) is 0 Å². The van der Waals surface area contributed by atoms with Crippen molar-refractivity contribution in [2.45, 2.75) is 12.8 Å². The molecule has 4 heteroatoms. The summed E-state index contributed by atoms with van der Waals surface area (Å²) in [6.07, 6.45) is 9.54. The summed E-state index contributed by atoms with van der Waals surface area (Å²) >= 11 is 0. The number of hydrogen-bond donors (Lipinski definition) is 0. The molecule has 162 valence electrons. The Hall–Kier alpha value is -4.57. The van der Waals surface area contributed by atoms with Crippen molar-refractivity contribution in [3.63, 3.8) is 0 Å². The maximum Gasteiger partial charge on any atom is 0.146 e. The van der Waals surface area contributed by atoms with E-state index in [9.17, 15) is 0 Å². The molecular weight excluding hydrogens is 428 g/mol. The molecule has 0 saturated heterocycles. The summed E-state index contributed by atoms with van der Waals surface area (Å²) in [5, 5.41) is 3.29. The van der Waals surface area contributed by atoms with E-state index in [0.717, 1.165) is 51.2 Å². The van der Waals surface area contributed by atoms with Crippen molar-refractivity contribution in [2.75, 3.05) is 0 Å². The second-order valence-electron chi connectivity index (χ2n) is 9.76. The van der Waals surface area contributed by atoms with E-state index >= 15 is 0 Å². The second-order valence-corrected chi connectivity index (χ2v) is 9.76. The molecule has 0 aliphatic heterocycles. The van der Waals surface area contributed by atoms with Gasteiger partial charge in [-0.1, -0.05) is 24.3 Å². The molecule has 0 amide bonds. The molecule has 0 spiro atoms. The third kappa shape index (κ3) is 2.20. The molecule has 0 radical (unpaired) electrons. The van der Waals surface area contributed by atoms with Crippen LogP contribution >= 0.6 is 0 Å². The lowest BCUT2D eigenvalue weighted by molar-refractivity contribution is 1.24. The van der Waals surface area contributed by atoms with Crippen LogP contribution in [0.5, 0.6) is 0 Å². The van der Waals surface area contributed by atoms with Crippen LogP contribution in [0.15, 0.2) is 85.5 Å². The van der Waals surface area contributed by atoms with Gasteiger partial charge in [0.1, 0.15) is 5.65 Å². The van der Waals surface area contributed by atoms with Gasteiger partial charge in [0.15, 0.2) is 0 Å². The average Bonchev–Trinajstić information content (AvgIpc) is 3.57. The Kier molecular flexibility index (Phi) is 3.11. The number of fused-ring (bicyclic) bond motifs is 14. The van der Waals surface area contributed by atoms with Crippen molar-refractivity contribution in [3.8, 4) is 22.3 Å². The lowest BCUT2D eigenvalue weighted by Gasteiger charge is -2.08. The van der Waals surface area contributed by atoms with Gasteiger partial charge in [-0.15, -0.1) is 0 Å². The first-order valence-corrected chi connectivity index (χ1v) is 12.0. The van der Waals surface area contributed by atoms with Gasteiger partial charge in [-0.25, -0.2) is 4.98 Å². The Labute approximate surface area is 200 Å². The summed E-state index contributed by atoms with van der Waals surface area (Å²) in [4.78, 5) is 13.9. The maximum atomic E-state index is 5.16. The van der Waals surface area contributed by atoms with E-state index in [1.807, 2.05) is 24.8 Å². The predicted octanol–water partition coefficient (Wildman–Crippen LogP) is 6.73. The molecule has 9 rings (SSSR count). The highest BCUT2D eigenvalue weighted by Gasteiger charge is 2.26. The zero-order valence-electron chi connectivity index (χ0n) is 18.8. The van der Waals surface area contributed by atoms with E-state index < -0.39 is 0 Å². The Morgan fingerprint density at radius 3 is 2.20 bits per heavy atom. The molecule has 7 aromatic rings. The Morgan fingerprint density at radius 1 is 0.571 bits per heavy atom. The lowest BCUT2D eigenvalue weighted by atomic mass is 9.98. The number of benzene rings is 3. The zero-order chi connectivity index (χ0) is 22.7. The highest BCUT2D eigenvalue weighted by molar-refractivity contribution is 6.13. The molecule has 2 aliphatic carbocycles. The Bertz CT molecular complexity index is 2070. The summed E-state index contributed by atoms with van der Waals surface area (Å²) in [7, 11) is 0. The molecule has 4 nitrogen and oxygen atoms in total. The van der Waals surface area contributed by atoms with Gasteiger partial charge in [0.05, 0.1) is 16.6 Å². The minimum atomic E-state index is 0.959. The summed E-state index contributed by atoms with van der Waals surface area (Å²) in [6, 6.07) is 22.5. The largest absolute Gasteiger partial charge is 0.292 e. The van der Waals surface area contributed by atoms with E-state index in [0.29, 0.717) is 0 Å². The number of imidazole rings is 1. The van der Waals surface area contributed by atoms with Crippen LogP contribution in [-0.4, -0.2) is 19.4 Å². The third-order valence-corrected chi connectivity index (χ3v) is 7.96. The van der Waals surface area contributed by atoms with Crippen LogP contribution in [0.25, 0.3) is 60.6 Å². The number of rotatable bonds is 0. The van der Waals surface area contributed by atoms with Gasteiger partial charge < -0.3 is 0 Å². The van der Waals surface area contributed by atoms with Crippen LogP contribution < -0.4 is 0 Å². The molecule has 0 saturated carbocycles. The zero-order valence-corrected chi connectivity index (χ0v) is 18.8. The third-order valence-electron chi connectivity index (χ3n) is 7.96. The second kappa shape index (κ2) is 6.10. The SMILES string of the molecule is c1ccc2c(c1)Cc1cc3c(cc1-2)Cc1cc2c(cc1-3)nc1c3ccncc3c3cnccc3n21. The Balaban J connectivity index is 1.33. The average molecular weight is 447 g/mol. The fourth-order valence-electron chi connectivity index (χ4n) is 6.41. The predicted molar refractivity (Wildman–Crippen MR) is 140 cm³/mol. The normalized spacial score (nSPS) is 13.5. The summed E-state index contributed by atoms with van der Waals surface area (Å²) < 4.78 is 2.30. The Morgan fingerprint density at radius 2 is 1.29 bits per heavy atom. The van der Waals surface area contributed by atoms with Gasteiger partial charge in [-0.05, 0) is 93.7 Å². The molecule has 0 bridgehead atoms. The maximum absolute atomic E-state index is 5.16. The molecule has 0 N–H and O–H groups in total. The minimum absolute atomic E-state index is 0.959. The van der Waals surface area contributed by atoms with Crippen molar-refractivity contribution < 1.29 is 0 Å². The smallest absolute Gasteiger partial charge is 0.146 e. The van der Waals surface area contributed by atoms with Crippen LogP contribution in [0.2, 0.25) is 0 Å². The van der Waals surface area contributed by atoms with Gasteiger partial charge in [-0.3, -0.25) is 14.4 Å². The topological polar surface area (TPSA) is 43.1 Å². The van der Waals surface area contributed by atoms with E-state index in [2.05, 4.69) is 75.0 Å². The highest BCUT2D eigenvalue weighted by Crippen LogP contribution is 2.46. The number of pyridine rings is 3. The van der Waals surface area contributed by atoms with Crippen molar-refractivity contribution in [1.29, 1.82) is 0 Å². The molecule has 0 fully saturated rings. The highest BCUT2D eigenvalue weighted by atomic mass is 15.0. The molecule has 4 aromatic heterocycles. The standard InChI is InChI=1S/C31H18N4/c1-2-4-21-17(3-1)9-18-12-24-19(11-23(18)21)10-20-13-30-28(14-25(20)24)34-31-22-5-7-32-15-26(22)27-16-33-8-6-29(27)35(30)31/h1-8,11-16H,9-10H2. The first kappa shape index (κ1) is 17.8. The fraction of sp³-hybridized carbons (Fsp3) is 0.0645. The summed E-state index contributed by atoms with van der Waals surface area (Å²) in [6.45, 7) is 0. The lowest BCUT2D eigenvalue weighted by Crippen LogP contribution is -1.93. The van der Waals surface area contributed by atoms with Gasteiger partial charge in [0, 0.05) is 40.9 Å². The van der Waals surface area contributed by atoms with Crippen molar-refractivity contribution in [1.82, 2.24) is 19.4 Å². The molecular formula is C31H18N4. The van der Waals surface area contributed by atoms with Crippen molar-refractivity contribution in [2.24, 2.45) is 0 Å².